The highest BCUT2D eigenvalue weighted by Gasteiger charge is 2.33. The summed E-state index contributed by atoms with van der Waals surface area (Å²) in [5.41, 5.74) is 1.13. The fraction of sp³-hybridized carbons (Fsp3) is 0.692. The lowest BCUT2D eigenvalue weighted by Crippen LogP contribution is -2.39. The van der Waals surface area contributed by atoms with E-state index >= 15 is 0 Å². The smallest absolute Gasteiger partial charge is 0.150 e. The number of rotatable bonds is 6. The van der Waals surface area contributed by atoms with Gasteiger partial charge in [-0.15, -0.1) is 0 Å². The van der Waals surface area contributed by atoms with Crippen LogP contribution in [-0.4, -0.2) is 32.5 Å². The van der Waals surface area contributed by atoms with Gasteiger partial charge >= 0.3 is 0 Å². The molecule has 1 aromatic rings. The van der Waals surface area contributed by atoms with Crippen molar-refractivity contribution in [1.82, 2.24) is 5.32 Å². The molecule has 0 bridgehead atoms. The molecule has 1 fully saturated rings. The molecule has 0 amide bonds. The van der Waals surface area contributed by atoms with Crippen molar-refractivity contribution < 1.29 is 12.8 Å². The van der Waals surface area contributed by atoms with E-state index in [1.165, 1.54) is 0 Å². The molecule has 1 saturated heterocycles. The van der Waals surface area contributed by atoms with Crippen molar-refractivity contribution in [2.45, 2.75) is 32.2 Å². The summed E-state index contributed by atoms with van der Waals surface area (Å²) in [4.78, 5) is 0. The standard InChI is InChI=1S/C13H21NO3S/c1-2-5-14-13(8-11-3-6-17-9-11)12-4-7-18(15,16)10-12/h3,6,9,12-14H,2,4-5,7-8,10H2,1H3. The molecule has 2 unspecified atom stereocenters. The third-order valence-corrected chi connectivity index (χ3v) is 5.32. The van der Waals surface area contributed by atoms with Crippen LogP contribution >= 0.6 is 0 Å². The van der Waals surface area contributed by atoms with Crippen LogP contribution in [0.4, 0.5) is 0 Å². The summed E-state index contributed by atoms with van der Waals surface area (Å²) in [7, 11) is -2.81. The van der Waals surface area contributed by atoms with Gasteiger partial charge in [-0.25, -0.2) is 8.42 Å². The van der Waals surface area contributed by atoms with Gasteiger partial charge in [0, 0.05) is 6.04 Å². The maximum absolute atomic E-state index is 11.6. The Kier molecular flexibility index (Phi) is 4.45. The van der Waals surface area contributed by atoms with E-state index in [2.05, 4.69) is 12.2 Å². The van der Waals surface area contributed by atoms with Crippen LogP contribution in [0, 0.1) is 5.92 Å². The van der Waals surface area contributed by atoms with Gasteiger partial charge in [0.15, 0.2) is 9.84 Å². The molecule has 0 aromatic carbocycles. The van der Waals surface area contributed by atoms with E-state index in [0.717, 1.165) is 31.4 Å². The molecule has 18 heavy (non-hydrogen) atoms. The largest absolute Gasteiger partial charge is 0.472 e. The SMILES string of the molecule is CCCNC(Cc1ccoc1)C1CCS(=O)(=O)C1. The Hall–Kier alpha value is -0.810. The summed E-state index contributed by atoms with van der Waals surface area (Å²) in [6.45, 7) is 3.05. The molecule has 1 aromatic heterocycles. The minimum absolute atomic E-state index is 0.233. The van der Waals surface area contributed by atoms with E-state index in [4.69, 9.17) is 4.42 Å². The molecule has 0 aliphatic carbocycles. The second-order valence-corrected chi connectivity index (χ2v) is 7.29. The highest BCUT2D eigenvalue weighted by atomic mass is 32.2. The fourth-order valence-corrected chi connectivity index (χ4v) is 4.42. The zero-order valence-corrected chi connectivity index (χ0v) is 11.6. The maximum Gasteiger partial charge on any atom is 0.150 e. The summed E-state index contributed by atoms with van der Waals surface area (Å²) in [6, 6.07) is 2.18. The predicted molar refractivity (Wildman–Crippen MR) is 71.3 cm³/mol. The van der Waals surface area contributed by atoms with Crippen molar-refractivity contribution in [3.63, 3.8) is 0 Å². The molecular weight excluding hydrogens is 250 g/mol. The second-order valence-electron chi connectivity index (χ2n) is 5.06. The summed E-state index contributed by atoms with van der Waals surface area (Å²) in [5, 5.41) is 3.48. The molecule has 0 spiro atoms. The fourth-order valence-electron chi connectivity index (χ4n) is 2.54. The van der Waals surface area contributed by atoms with Crippen molar-refractivity contribution in [2.75, 3.05) is 18.1 Å². The van der Waals surface area contributed by atoms with Crippen LogP contribution in [0.1, 0.15) is 25.3 Å². The van der Waals surface area contributed by atoms with Crippen LogP contribution in [0.5, 0.6) is 0 Å². The molecule has 1 aliphatic heterocycles. The van der Waals surface area contributed by atoms with Crippen LogP contribution < -0.4 is 5.32 Å². The predicted octanol–water partition coefficient (Wildman–Crippen LogP) is 1.62. The summed E-state index contributed by atoms with van der Waals surface area (Å²) < 4.78 is 28.2. The zero-order chi connectivity index (χ0) is 13.0. The van der Waals surface area contributed by atoms with Gasteiger partial charge in [-0.05, 0) is 43.4 Å². The summed E-state index contributed by atoms with van der Waals surface area (Å²) in [6.07, 6.45) is 6.08. The second kappa shape index (κ2) is 5.89. The van der Waals surface area contributed by atoms with Gasteiger partial charge in [-0.3, -0.25) is 0 Å². The van der Waals surface area contributed by atoms with Crippen LogP contribution in [0.25, 0.3) is 0 Å². The first kappa shape index (κ1) is 13.6. The van der Waals surface area contributed by atoms with E-state index in [1.807, 2.05) is 6.07 Å². The van der Waals surface area contributed by atoms with Crippen molar-refractivity contribution >= 4 is 9.84 Å². The Balaban J connectivity index is 2.01. The first-order chi connectivity index (χ1) is 8.61. The van der Waals surface area contributed by atoms with Crippen molar-refractivity contribution in [2.24, 2.45) is 5.92 Å². The number of furan rings is 1. The van der Waals surface area contributed by atoms with E-state index in [1.54, 1.807) is 12.5 Å². The van der Waals surface area contributed by atoms with Gasteiger partial charge < -0.3 is 9.73 Å². The van der Waals surface area contributed by atoms with Gasteiger partial charge in [0.2, 0.25) is 0 Å². The van der Waals surface area contributed by atoms with Gasteiger partial charge in [0.05, 0.1) is 24.0 Å². The van der Waals surface area contributed by atoms with Gasteiger partial charge in [0.25, 0.3) is 0 Å². The Labute approximate surface area is 109 Å². The molecule has 5 heteroatoms. The highest BCUT2D eigenvalue weighted by Crippen LogP contribution is 2.24. The maximum atomic E-state index is 11.6. The van der Waals surface area contributed by atoms with Crippen LogP contribution in [0.15, 0.2) is 23.0 Å². The Morgan fingerprint density at radius 3 is 2.94 bits per heavy atom. The van der Waals surface area contributed by atoms with Crippen molar-refractivity contribution in [3.05, 3.63) is 24.2 Å². The molecule has 1 aliphatic rings. The van der Waals surface area contributed by atoms with E-state index in [0.29, 0.717) is 11.5 Å². The van der Waals surface area contributed by atoms with E-state index in [-0.39, 0.29) is 12.0 Å². The number of hydrogen-bond acceptors (Lipinski definition) is 4. The van der Waals surface area contributed by atoms with Gasteiger partial charge in [-0.2, -0.15) is 0 Å². The first-order valence-electron chi connectivity index (χ1n) is 6.55. The molecule has 102 valence electrons. The number of nitrogens with one attached hydrogen (secondary N) is 1. The Bertz CT molecular complexity index is 453. The number of sulfone groups is 1. The molecule has 0 saturated carbocycles. The molecule has 2 heterocycles. The lowest BCUT2D eigenvalue weighted by atomic mass is 9.94. The minimum Gasteiger partial charge on any atom is -0.472 e. The lowest BCUT2D eigenvalue weighted by Gasteiger charge is -2.23. The van der Waals surface area contributed by atoms with Crippen LogP contribution in [0.2, 0.25) is 0 Å². The van der Waals surface area contributed by atoms with Gasteiger partial charge in [-0.1, -0.05) is 6.92 Å². The zero-order valence-electron chi connectivity index (χ0n) is 10.8. The van der Waals surface area contributed by atoms with E-state index in [9.17, 15) is 8.42 Å². The highest BCUT2D eigenvalue weighted by molar-refractivity contribution is 7.91. The average molecular weight is 271 g/mol. The summed E-state index contributed by atoms with van der Waals surface area (Å²) in [5.74, 6) is 0.899. The molecule has 4 nitrogen and oxygen atoms in total. The first-order valence-corrected chi connectivity index (χ1v) is 8.38. The molecule has 2 atom stereocenters. The van der Waals surface area contributed by atoms with Crippen LogP contribution in [0.3, 0.4) is 0 Å². The summed E-state index contributed by atoms with van der Waals surface area (Å²) >= 11 is 0. The Morgan fingerprint density at radius 2 is 2.39 bits per heavy atom. The minimum atomic E-state index is -2.81. The van der Waals surface area contributed by atoms with Crippen molar-refractivity contribution in [1.29, 1.82) is 0 Å². The molecule has 1 N–H and O–H groups in total. The van der Waals surface area contributed by atoms with Gasteiger partial charge in [0.1, 0.15) is 0 Å². The third kappa shape index (κ3) is 3.59. The monoisotopic (exact) mass is 271 g/mol. The lowest BCUT2D eigenvalue weighted by molar-refractivity contribution is 0.378. The number of hydrogen-bond donors (Lipinski definition) is 1. The Morgan fingerprint density at radius 1 is 1.56 bits per heavy atom. The molecule has 0 radical (unpaired) electrons. The topological polar surface area (TPSA) is 59.3 Å². The molecular formula is C13H21NO3S. The molecule has 2 rings (SSSR count). The quantitative estimate of drug-likeness (QED) is 0.854. The van der Waals surface area contributed by atoms with E-state index < -0.39 is 9.84 Å². The average Bonchev–Trinajstić information content (AvgIpc) is 2.93. The third-order valence-electron chi connectivity index (χ3n) is 3.53. The van der Waals surface area contributed by atoms with Crippen molar-refractivity contribution in [3.8, 4) is 0 Å². The normalized spacial score (nSPS) is 24.2. The van der Waals surface area contributed by atoms with Crippen LogP contribution in [-0.2, 0) is 16.3 Å².